The molecular formula is C8H13NO2. The van der Waals surface area contributed by atoms with Crippen LogP contribution < -0.4 is 0 Å². The molecule has 0 aromatic carbocycles. The standard InChI is InChI=1S/C8H13NO2/c1-6(10)7-2-9(3-7)8-4-11-5-8/h7-8H,2-5H2,1H3. The molecule has 62 valence electrons. The lowest BCUT2D eigenvalue weighted by Crippen LogP contribution is -2.60. The minimum absolute atomic E-state index is 0.315. The molecule has 0 spiro atoms. The van der Waals surface area contributed by atoms with E-state index in [1.54, 1.807) is 6.92 Å². The number of ketones is 1. The first-order valence-corrected chi connectivity index (χ1v) is 4.09. The molecule has 0 saturated carbocycles. The quantitative estimate of drug-likeness (QED) is 0.558. The molecule has 2 aliphatic heterocycles. The maximum absolute atomic E-state index is 10.8. The van der Waals surface area contributed by atoms with E-state index in [1.165, 1.54) is 0 Å². The molecule has 2 heterocycles. The minimum Gasteiger partial charge on any atom is -0.378 e. The average molecular weight is 155 g/mol. The van der Waals surface area contributed by atoms with Crippen LogP contribution in [-0.2, 0) is 9.53 Å². The first-order chi connectivity index (χ1) is 5.27. The third-order valence-electron chi connectivity index (χ3n) is 2.62. The van der Waals surface area contributed by atoms with Crippen molar-refractivity contribution < 1.29 is 9.53 Å². The summed E-state index contributed by atoms with van der Waals surface area (Å²) in [5.41, 5.74) is 0. The van der Waals surface area contributed by atoms with Gasteiger partial charge in [0.25, 0.3) is 0 Å². The van der Waals surface area contributed by atoms with Crippen LogP contribution in [0.2, 0.25) is 0 Å². The van der Waals surface area contributed by atoms with Crippen molar-refractivity contribution in [1.29, 1.82) is 0 Å². The Morgan fingerprint density at radius 3 is 2.45 bits per heavy atom. The lowest BCUT2D eigenvalue weighted by atomic mass is 9.93. The number of nitrogens with zero attached hydrogens (tertiary/aromatic N) is 1. The van der Waals surface area contributed by atoms with E-state index in [0.29, 0.717) is 17.7 Å². The molecule has 3 nitrogen and oxygen atoms in total. The molecular weight excluding hydrogens is 142 g/mol. The summed E-state index contributed by atoms with van der Waals surface area (Å²) >= 11 is 0. The first-order valence-electron chi connectivity index (χ1n) is 4.09. The van der Waals surface area contributed by atoms with E-state index in [9.17, 15) is 4.79 Å². The van der Waals surface area contributed by atoms with Gasteiger partial charge in [0.2, 0.25) is 0 Å². The van der Waals surface area contributed by atoms with Gasteiger partial charge >= 0.3 is 0 Å². The van der Waals surface area contributed by atoms with E-state index < -0.39 is 0 Å². The van der Waals surface area contributed by atoms with E-state index in [-0.39, 0.29) is 0 Å². The van der Waals surface area contributed by atoms with E-state index in [1.807, 2.05) is 0 Å². The number of hydrogen-bond donors (Lipinski definition) is 0. The van der Waals surface area contributed by atoms with Crippen LogP contribution in [0.25, 0.3) is 0 Å². The predicted octanol–water partition coefficient (Wildman–Crippen LogP) is -0.0940. The third kappa shape index (κ3) is 1.19. The van der Waals surface area contributed by atoms with Crippen molar-refractivity contribution in [2.45, 2.75) is 13.0 Å². The lowest BCUT2D eigenvalue weighted by molar-refractivity contribution is -0.136. The van der Waals surface area contributed by atoms with Crippen LogP contribution in [0.15, 0.2) is 0 Å². The van der Waals surface area contributed by atoms with Gasteiger partial charge in [-0.1, -0.05) is 0 Å². The maximum Gasteiger partial charge on any atom is 0.135 e. The predicted molar refractivity (Wildman–Crippen MR) is 40.4 cm³/mol. The molecule has 0 unspecified atom stereocenters. The Balaban J connectivity index is 1.74. The zero-order valence-corrected chi connectivity index (χ0v) is 6.75. The summed E-state index contributed by atoms with van der Waals surface area (Å²) in [5.74, 6) is 0.650. The van der Waals surface area contributed by atoms with Gasteiger partial charge in [-0.2, -0.15) is 0 Å². The van der Waals surface area contributed by atoms with E-state index in [4.69, 9.17) is 4.74 Å². The number of Topliss-reactive ketones (excluding diaryl/α,β-unsaturated/α-hetero) is 1. The van der Waals surface area contributed by atoms with Gasteiger partial charge in [-0.25, -0.2) is 0 Å². The van der Waals surface area contributed by atoms with E-state index in [2.05, 4.69) is 4.90 Å². The fourth-order valence-corrected chi connectivity index (χ4v) is 1.50. The second kappa shape index (κ2) is 2.57. The zero-order valence-electron chi connectivity index (χ0n) is 6.75. The van der Waals surface area contributed by atoms with Gasteiger partial charge in [0.15, 0.2) is 0 Å². The van der Waals surface area contributed by atoms with Crippen LogP contribution in [0.5, 0.6) is 0 Å². The molecule has 2 aliphatic rings. The Kier molecular flexibility index (Phi) is 1.69. The number of likely N-dealkylation sites (tertiary alicyclic amines) is 1. The highest BCUT2D eigenvalue weighted by Crippen LogP contribution is 2.22. The first kappa shape index (κ1) is 7.25. The monoisotopic (exact) mass is 155 g/mol. The third-order valence-corrected chi connectivity index (χ3v) is 2.62. The van der Waals surface area contributed by atoms with Gasteiger partial charge in [-0.15, -0.1) is 0 Å². The maximum atomic E-state index is 10.8. The van der Waals surface area contributed by atoms with Crippen molar-refractivity contribution in [2.24, 2.45) is 5.92 Å². The highest BCUT2D eigenvalue weighted by Gasteiger charge is 2.37. The number of rotatable bonds is 2. The summed E-state index contributed by atoms with van der Waals surface area (Å²) in [6, 6.07) is 0.616. The number of carbonyl (C=O) groups excluding carboxylic acids is 1. The van der Waals surface area contributed by atoms with Crippen molar-refractivity contribution in [3.05, 3.63) is 0 Å². The van der Waals surface area contributed by atoms with E-state index in [0.717, 1.165) is 26.3 Å². The summed E-state index contributed by atoms with van der Waals surface area (Å²) in [6.45, 7) is 5.33. The van der Waals surface area contributed by atoms with Crippen molar-refractivity contribution >= 4 is 5.78 Å². The van der Waals surface area contributed by atoms with Gasteiger partial charge in [-0.3, -0.25) is 9.69 Å². The van der Waals surface area contributed by atoms with E-state index >= 15 is 0 Å². The van der Waals surface area contributed by atoms with Crippen LogP contribution >= 0.6 is 0 Å². The summed E-state index contributed by atoms with van der Waals surface area (Å²) in [7, 11) is 0. The minimum atomic E-state index is 0.315. The summed E-state index contributed by atoms with van der Waals surface area (Å²) in [6.07, 6.45) is 0. The van der Waals surface area contributed by atoms with Gasteiger partial charge in [0.1, 0.15) is 5.78 Å². The molecule has 2 saturated heterocycles. The summed E-state index contributed by atoms with van der Waals surface area (Å²) in [4.78, 5) is 13.2. The second-order valence-electron chi connectivity index (χ2n) is 3.45. The molecule has 0 radical (unpaired) electrons. The fraction of sp³-hybridized carbons (Fsp3) is 0.875. The van der Waals surface area contributed by atoms with Crippen molar-refractivity contribution in [3.63, 3.8) is 0 Å². The second-order valence-corrected chi connectivity index (χ2v) is 3.45. The van der Waals surface area contributed by atoms with Gasteiger partial charge < -0.3 is 4.74 Å². The molecule has 0 amide bonds. The van der Waals surface area contributed by atoms with Gasteiger partial charge in [0, 0.05) is 19.0 Å². The number of carbonyl (C=O) groups is 1. The van der Waals surface area contributed by atoms with Crippen LogP contribution in [0.1, 0.15) is 6.92 Å². The van der Waals surface area contributed by atoms with Crippen LogP contribution in [0.4, 0.5) is 0 Å². The molecule has 11 heavy (non-hydrogen) atoms. The van der Waals surface area contributed by atoms with Crippen LogP contribution in [-0.4, -0.2) is 43.0 Å². The Morgan fingerprint density at radius 2 is 2.09 bits per heavy atom. The van der Waals surface area contributed by atoms with Gasteiger partial charge in [0.05, 0.1) is 19.3 Å². The SMILES string of the molecule is CC(=O)C1CN(C2COC2)C1. The van der Waals surface area contributed by atoms with Crippen LogP contribution in [0.3, 0.4) is 0 Å². The lowest BCUT2D eigenvalue weighted by Gasteiger charge is -2.46. The topological polar surface area (TPSA) is 29.5 Å². The molecule has 2 rings (SSSR count). The molecule has 0 bridgehead atoms. The Morgan fingerprint density at radius 1 is 1.45 bits per heavy atom. The largest absolute Gasteiger partial charge is 0.378 e. The normalized spacial score (nSPS) is 27.7. The summed E-state index contributed by atoms with van der Waals surface area (Å²) in [5, 5.41) is 0. The van der Waals surface area contributed by atoms with Gasteiger partial charge in [-0.05, 0) is 6.92 Å². The van der Waals surface area contributed by atoms with Crippen molar-refractivity contribution in [3.8, 4) is 0 Å². The molecule has 0 aromatic rings. The zero-order chi connectivity index (χ0) is 7.84. The number of ether oxygens (including phenoxy) is 1. The highest BCUT2D eigenvalue weighted by molar-refractivity contribution is 5.79. The molecule has 2 fully saturated rings. The fourth-order valence-electron chi connectivity index (χ4n) is 1.50. The molecule has 0 N–H and O–H groups in total. The molecule has 0 aromatic heterocycles. The average Bonchev–Trinajstić information content (AvgIpc) is 1.70. The summed E-state index contributed by atoms with van der Waals surface area (Å²) < 4.78 is 5.06. The molecule has 3 heteroatoms. The Hall–Kier alpha value is -0.410. The molecule has 0 aliphatic carbocycles. The Bertz CT molecular complexity index is 171. The van der Waals surface area contributed by atoms with Crippen molar-refractivity contribution in [1.82, 2.24) is 4.90 Å². The smallest absolute Gasteiger partial charge is 0.135 e. The number of hydrogen-bond acceptors (Lipinski definition) is 3. The van der Waals surface area contributed by atoms with Crippen LogP contribution in [0, 0.1) is 5.92 Å². The highest BCUT2D eigenvalue weighted by atomic mass is 16.5. The molecule has 0 atom stereocenters. The van der Waals surface area contributed by atoms with Crippen molar-refractivity contribution in [2.75, 3.05) is 26.3 Å². The Labute approximate surface area is 66.3 Å².